The van der Waals surface area contributed by atoms with Gasteiger partial charge < -0.3 is 10.8 Å². The Morgan fingerprint density at radius 1 is 0.833 bits per heavy atom. The maximum atomic E-state index is 10.7. The molecule has 0 aliphatic rings. The SMILES string of the molecule is CC(C)(C)c1cc(N=Nc2ccccc2N)c(O)c(C(C)(C)C)c1. The van der Waals surface area contributed by atoms with Crippen molar-refractivity contribution in [3.63, 3.8) is 0 Å². The maximum absolute atomic E-state index is 10.7. The summed E-state index contributed by atoms with van der Waals surface area (Å²) in [7, 11) is 0. The first-order valence-electron chi connectivity index (χ1n) is 8.14. The number of nitrogens with zero attached hydrogens (tertiary/aromatic N) is 2. The molecule has 3 N–H and O–H groups in total. The standard InChI is InChI=1S/C20H27N3O/c1-19(2,3)13-11-14(20(4,5)6)18(24)17(12-13)23-22-16-10-8-7-9-15(16)21/h7-12,24H,21H2,1-6H3. The van der Waals surface area contributed by atoms with Crippen molar-refractivity contribution in [2.75, 3.05) is 5.73 Å². The predicted molar refractivity (Wildman–Crippen MR) is 101 cm³/mol. The second kappa shape index (κ2) is 6.27. The summed E-state index contributed by atoms with van der Waals surface area (Å²) in [6.45, 7) is 12.6. The van der Waals surface area contributed by atoms with Gasteiger partial charge in [0.1, 0.15) is 17.1 Å². The third-order valence-corrected chi connectivity index (χ3v) is 3.97. The van der Waals surface area contributed by atoms with Crippen molar-refractivity contribution in [2.45, 2.75) is 52.4 Å². The average molecular weight is 325 g/mol. The number of nitrogen functional groups attached to an aromatic ring is 1. The first kappa shape index (κ1) is 18.0. The van der Waals surface area contributed by atoms with Gasteiger partial charge in [0, 0.05) is 5.56 Å². The van der Waals surface area contributed by atoms with Crippen LogP contribution in [-0.4, -0.2) is 5.11 Å². The second-order valence-corrected chi connectivity index (χ2v) is 8.15. The van der Waals surface area contributed by atoms with E-state index in [1.165, 1.54) is 0 Å². The fraction of sp³-hybridized carbons (Fsp3) is 0.400. The number of nitrogens with two attached hydrogens (primary N) is 1. The summed E-state index contributed by atoms with van der Waals surface area (Å²) in [4.78, 5) is 0. The molecule has 0 fully saturated rings. The second-order valence-electron chi connectivity index (χ2n) is 8.15. The van der Waals surface area contributed by atoms with E-state index < -0.39 is 0 Å². The number of anilines is 1. The van der Waals surface area contributed by atoms with Crippen molar-refractivity contribution in [1.82, 2.24) is 0 Å². The Morgan fingerprint density at radius 3 is 1.96 bits per heavy atom. The van der Waals surface area contributed by atoms with E-state index >= 15 is 0 Å². The fourth-order valence-corrected chi connectivity index (χ4v) is 2.39. The molecule has 0 amide bonds. The van der Waals surface area contributed by atoms with Gasteiger partial charge in [-0.25, -0.2) is 0 Å². The zero-order valence-electron chi connectivity index (χ0n) is 15.4. The van der Waals surface area contributed by atoms with E-state index in [0.717, 1.165) is 11.1 Å². The molecule has 2 aromatic carbocycles. The van der Waals surface area contributed by atoms with Crippen LogP contribution in [0.25, 0.3) is 0 Å². The Labute approximate surface area is 144 Å². The molecule has 0 aromatic heterocycles. The molecular weight excluding hydrogens is 298 g/mol. The van der Waals surface area contributed by atoms with E-state index in [1.807, 2.05) is 18.2 Å². The van der Waals surface area contributed by atoms with Crippen LogP contribution in [0.3, 0.4) is 0 Å². The zero-order valence-corrected chi connectivity index (χ0v) is 15.4. The third kappa shape index (κ3) is 3.94. The van der Waals surface area contributed by atoms with Crippen molar-refractivity contribution >= 4 is 17.1 Å². The van der Waals surface area contributed by atoms with Gasteiger partial charge in [-0.1, -0.05) is 59.7 Å². The van der Waals surface area contributed by atoms with Gasteiger partial charge in [-0.3, -0.25) is 0 Å². The Kier molecular flexibility index (Phi) is 4.70. The normalized spacial score (nSPS) is 12.8. The van der Waals surface area contributed by atoms with E-state index in [9.17, 15) is 5.11 Å². The largest absolute Gasteiger partial charge is 0.505 e. The molecule has 4 heteroatoms. The van der Waals surface area contributed by atoms with Crippen molar-refractivity contribution in [2.24, 2.45) is 10.2 Å². The molecule has 0 atom stereocenters. The lowest BCUT2D eigenvalue weighted by Gasteiger charge is -2.26. The first-order valence-corrected chi connectivity index (χ1v) is 8.14. The summed E-state index contributed by atoms with van der Waals surface area (Å²) in [5.41, 5.74) is 9.26. The van der Waals surface area contributed by atoms with E-state index in [-0.39, 0.29) is 16.6 Å². The quantitative estimate of drug-likeness (QED) is 0.526. The molecule has 0 aliphatic heterocycles. The molecule has 24 heavy (non-hydrogen) atoms. The molecule has 128 valence electrons. The highest BCUT2D eigenvalue weighted by Gasteiger charge is 2.25. The van der Waals surface area contributed by atoms with Crippen LogP contribution in [-0.2, 0) is 10.8 Å². The first-order chi connectivity index (χ1) is 11.0. The van der Waals surface area contributed by atoms with E-state index in [0.29, 0.717) is 17.1 Å². The van der Waals surface area contributed by atoms with Crippen LogP contribution in [0.1, 0.15) is 52.7 Å². The van der Waals surface area contributed by atoms with Gasteiger partial charge >= 0.3 is 0 Å². The molecule has 0 unspecified atom stereocenters. The highest BCUT2D eigenvalue weighted by molar-refractivity contribution is 5.63. The number of azo groups is 1. The number of aromatic hydroxyl groups is 1. The molecule has 0 spiro atoms. The lowest BCUT2D eigenvalue weighted by atomic mass is 9.80. The summed E-state index contributed by atoms with van der Waals surface area (Å²) in [5, 5.41) is 19.2. The van der Waals surface area contributed by atoms with Crippen LogP contribution < -0.4 is 5.73 Å². The number of hydrogen-bond donors (Lipinski definition) is 2. The monoisotopic (exact) mass is 325 g/mol. The van der Waals surface area contributed by atoms with Crippen LogP contribution in [0.4, 0.5) is 17.1 Å². The minimum absolute atomic E-state index is 0.0518. The van der Waals surface area contributed by atoms with Crippen molar-refractivity contribution < 1.29 is 5.11 Å². The lowest BCUT2D eigenvalue weighted by Crippen LogP contribution is -2.16. The van der Waals surface area contributed by atoms with Gasteiger partial charge in [0.15, 0.2) is 0 Å². The van der Waals surface area contributed by atoms with Crippen LogP contribution in [0.5, 0.6) is 5.75 Å². The van der Waals surface area contributed by atoms with Crippen molar-refractivity contribution in [1.29, 1.82) is 0 Å². The zero-order chi connectivity index (χ0) is 18.1. The van der Waals surface area contributed by atoms with Crippen LogP contribution >= 0.6 is 0 Å². The minimum Gasteiger partial charge on any atom is -0.505 e. The third-order valence-electron chi connectivity index (χ3n) is 3.97. The molecule has 0 saturated carbocycles. The molecule has 2 aromatic rings. The predicted octanol–water partition coefficient (Wildman–Crippen LogP) is 5.98. The van der Waals surface area contributed by atoms with Gasteiger partial charge in [-0.2, -0.15) is 0 Å². The number of benzene rings is 2. The Balaban J connectivity index is 2.59. The number of rotatable bonds is 2. The Hall–Kier alpha value is -2.36. The van der Waals surface area contributed by atoms with Crippen LogP contribution in [0.15, 0.2) is 46.6 Å². The molecule has 0 heterocycles. The minimum atomic E-state index is -0.193. The van der Waals surface area contributed by atoms with Gasteiger partial charge in [0.25, 0.3) is 0 Å². The van der Waals surface area contributed by atoms with Gasteiger partial charge in [0.2, 0.25) is 0 Å². The lowest BCUT2D eigenvalue weighted by molar-refractivity contribution is 0.446. The number of hydrogen-bond acceptors (Lipinski definition) is 4. The van der Waals surface area contributed by atoms with Gasteiger partial charge in [-0.05, 0) is 34.6 Å². The summed E-state index contributed by atoms with van der Waals surface area (Å²) in [6.07, 6.45) is 0. The van der Waals surface area contributed by atoms with E-state index in [1.54, 1.807) is 12.1 Å². The summed E-state index contributed by atoms with van der Waals surface area (Å²) >= 11 is 0. The topological polar surface area (TPSA) is 71.0 Å². The number of phenols is 1. The fourth-order valence-electron chi connectivity index (χ4n) is 2.39. The van der Waals surface area contributed by atoms with Gasteiger partial charge in [-0.15, -0.1) is 10.2 Å². The molecule has 0 aliphatic carbocycles. The highest BCUT2D eigenvalue weighted by atomic mass is 16.3. The molecular formula is C20H27N3O. The summed E-state index contributed by atoms with van der Waals surface area (Å²) in [5.74, 6) is 0.175. The van der Waals surface area contributed by atoms with Crippen molar-refractivity contribution in [3.05, 3.63) is 47.5 Å². The van der Waals surface area contributed by atoms with E-state index in [4.69, 9.17) is 5.73 Å². The van der Waals surface area contributed by atoms with E-state index in [2.05, 4.69) is 57.8 Å². The molecule has 0 saturated heterocycles. The van der Waals surface area contributed by atoms with Crippen LogP contribution in [0.2, 0.25) is 0 Å². The smallest absolute Gasteiger partial charge is 0.146 e. The van der Waals surface area contributed by atoms with Gasteiger partial charge in [0.05, 0.1) is 5.69 Å². The Morgan fingerprint density at radius 2 is 1.42 bits per heavy atom. The average Bonchev–Trinajstić information content (AvgIpc) is 2.45. The molecule has 0 radical (unpaired) electrons. The molecule has 0 bridgehead atoms. The molecule has 2 rings (SSSR count). The number of phenolic OH excluding ortho intramolecular Hbond substituents is 1. The van der Waals surface area contributed by atoms with Crippen LogP contribution in [0, 0.1) is 0 Å². The molecule has 4 nitrogen and oxygen atoms in total. The summed E-state index contributed by atoms with van der Waals surface area (Å²) in [6, 6.07) is 11.2. The van der Waals surface area contributed by atoms with Crippen molar-refractivity contribution in [3.8, 4) is 5.75 Å². The Bertz CT molecular complexity index is 765. The summed E-state index contributed by atoms with van der Waals surface area (Å²) < 4.78 is 0. The number of para-hydroxylation sites is 1. The maximum Gasteiger partial charge on any atom is 0.146 e. The highest BCUT2D eigenvalue weighted by Crippen LogP contribution is 2.42.